The average Bonchev–Trinajstić information content (AvgIpc) is 2.91. The first-order chi connectivity index (χ1) is 12.7. The van der Waals surface area contributed by atoms with E-state index in [4.69, 9.17) is 4.74 Å². The summed E-state index contributed by atoms with van der Waals surface area (Å²) in [5.74, 6) is -0.655. The molecule has 2 aromatic heterocycles. The minimum atomic E-state index is -4.51. The van der Waals surface area contributed by atoms with Crippen LogP contribution in [0.15, 0.2) is 35.1 Å². The van der Waals surface area contributed by atoms with Gasteiger partial charge in [-0.3, -0.25) is 9.59 Å². The summed E-state index contributed by atoms with van der Waals surface area (Å²) in [6, 6.07) is 5.30. The number of nitrogens with one attached hydrogen (secondary N) is 1. The molecule has 0 aliphatic rings. The van der Waals surface area contributed by atoms with Crippen molar-refractivity contribution in [1.29, 1.82) is 0 Å². The van der Waals surface area contributed by atoms with Crippen LogP contribution in [0.5, 0.6) is 11.6 Å². The van der Waals surface area contributed by atoms with E-state index in [-0.39, 0.29) is 22.3 Å². The maximum absolute atomic E-state index is 12.8. The number of amides is 1. The second kappa shape index (κ2) is 7.03. The zero-order valence-corrected chi connectivity index (χ0v) is 15.1. The standard InChI is InChI=1S/C17H14F3N3O3S/c1-3-21-15(25)14-9(2)27-16-22-12(8-13(24)23(14)16)26-11-6-4-5-10(7-11)17(18,19)20/h4-8H,3H2,1-2H3,(H,21,25). The van der Waals surface area contributed by atoms with E-state index in [1.165, 1.54) is 12.1 Å². The van der Waals surface area contributed by atoms with Crippen LogP contribution in [0.2, 0.25) is 0 Å². The van der Waals surface area contributed by atoms with Crippen LogP contribution in [0.3, 0.4) is 0 Å². The predicted molar refractivity (Wildman–Crippen MR) is 93.6 cm³/mol. The maximum atomic E-state index is 12.8. The fourth-order valence-corrected chi connectivity index (χ4v) is 3.44. The number of hydrogen-bond acceptors (Lipinski definition) is 5. The van der Waals surface area contributed by atoms with E-state index in [1.807, 2.05) is 0 Å². The minimum Gasteiger partial charge on any atom is -0.439 e. The van der Waals surface area contributed by atoms with E-state index >= 15 is 0 Å². The SMILES string of the molecule is CCNC(=O)c1c(C)sc2nc(Oc3cccc(C(F)(F)F)c3)cc(=O)n12. The van der Waals surface area contributed by atoms with E-state index in [0.29, 0.717) is 11.4 Å². The second-order valence-corrected chi connectivity index (χ2v) is 6.73. The van der Waals surface area contributed by atoms with Gasteiger partial charge in [0.2, 0.25) is 10.8 Å². The number of nitrogens with zero attached hydrogens (tertiary/aromatic N) is 2. The van der Waals surface area contributed by atoms with Gasteiger partial charge in [-0.2, -0.15) is 18.2 Å². The Labute approximate surface area is 155 Å². The Bertz CT molecular complexity index is 1070. The van der Waals surface area contributed by atoms with E-state index in [0.717, 1.165) is 33.9 Å². The zero-order chi connectivity index (χ0) is 19.8. The van der Waals surface area contributed by atoms with Gasteiger partial charge in [0.05, 0.1) is 11.6 Å². The smallest absolute Gasteiger partial charge is 0.416 e. The number of carbonyl (C=O) groups excluding carboxylic acids is 1. The van der Waals surface area contributed by atoms with Crippen molar-refractivity contribution >= 4 is 22.2 Å². The quantitative estimate of drug-likeness (QED) is 0.730. The van der Waals surface area contributed by atoms with Crippen molar-refractivity contribution in [2.75, 3.05) is 6.54 Å². The molecule has 0 bridgehead atoms. The summed E-state index contributed by atoms with van der Waals surface area (Å²) in [5.41, 5.74) is -1.25. The van der Waals surface area contributed by atoms with Crippen molar-refractivity contribution in [3.8, 4) is 11.6 Å². The Morgan fingerprint density at radius 3 is 2.74 bits per heavy atom. The fraction of sp³-hybridized carbons (Fsp3) is 0.235. The summed E-state index contributed by atoms with van der Waals surface area (Å²) >= 11 is 1.11. The Kier molecular flexibility index (Phi) is 4.92. The van der Waals surface area contributed by atoms with E-state index in [2.05, 4.69) is 10.3 Å². The third kappa shape index (κ3) is 3.80. The summed E-state index contributed by atoms with van der Waals surface area (Å²) in [6.45, 7) is 3.83. The summed E-state index contributed by atoms with van der Waals surface area (Å²) in [4.78, 5) is 29.6. The lowest BCUT2D eigenvalue weighted by atomic mass is 10.2. The van der Waals surface area contributed by atoms with Gasteiger partial charge in [0.15, 0.2) is 0 Å². The van der Waals surface area contributed by atoms with E-state index in [1.54, 1.807) is 13.8 Å². The molecular weight excluding hydrogens is 383 g/mol. The van der Waals surface area contributed by atoms with Crippen molar-refractivity contribution in [3.63, 3.8) is 0 Å². The predicted octanol–water partition coefficient (Wildman–Crippen LogP) is 3.63. The monoisotopic (exact) mass is 397 g/mol. The average molecular weight is 397 g/mol. The number of thiazole rings is 1. The summed E-state index contributed by atoms with van der Waals surface area (Å²) in [6.07, 6.45) is -4.51. The molecule has 0 aliphatic heterocycles. The number of fused-ring (bicyclic) bond motifs is 1. The molecule has 10 heteroatoms. The number of rotatable bonds is 4. The van der Waals surface area contributed by atoms with Crippen molar-refractivity contribution in [3.05, 3.63) is 56.8 Å². The number of carbonyl (C=O) groups is 1. The van der Waals surface area contributed by atoms with Gasteiger partial charge in [0.1, 0.15) is 11.4 Å². The van der Waals surface area contributed by atoms with Crippen LogP contribution in [0.4, 0.5) is 13.2 Å². The van der Waals surface area contributed by atoms with E-state index < -0.39 is 23.2 Å². The van der Waals surface area contributed by atoms with Crippen LogP contribution in [-0.2, 0) is 6.18 Å². The first kappa shape index (κ1) is 18.9. The Hall–Kier alpha value is -2.88. The van der Waals surface area contributed by atoms with Crippen molar-refractivity contribution in [2.24, 2.45) is 0 Å². The van der Waals surface area contributed by atoms with Gasteiger partial charge in [-0.05, 0) is 32.0 Å². The molecule has 1 amide bonds. The van der Waals surface area contributed by atoms with Gasteiger partial charge in [0, 0.05) is 11.4 Å². The molecule has 2 heterocycles. The highest BCUT2D eigenvalue weighted by Gasteiger charge is 2.30. The number of alkyl halides is 3. The van der Waals surface area contributed by atoms with Gasteiger partial charge in [-0.25, -0.2) is 4.40 Å². The van der Waals surface area contributed by atoms with Gasteiger partial charge < -0.3 is 10.1 Å². The molecule has 0 saturated heterocycles. The first-order valence-electron chi connectivity index (χ1n) is 7.87. The molecule has 0 unspecified atom stereocenters. The lowest BCUT2D eigenvalue weighted by molar-refractivity contribution is -0.137. The number of aromatic nitrogens is 2. The number of aryl methyl sites for hydroxylation is 1. The highest BCUT2D eigenvalue weighted by atomic mass is 32.1. The molecule has 0 spiro atoms. The van der Waals surface area contributed by atoms with Gasteiger partial charge in [-0.15, -0.1) is 11.3 Å². The molecule has 3 rings (SSSR count). The number of ether oxygens (including phenoxy) is 1. The van der Waals surface area contributed by atoms with Crippen LogP contribution < -0.4 is 15.6 Å². The molecule has 0 atom stereocenters. The van der Waals surface area contributed by atoms with Crippen LogP contribution in [0.1, 0.15) is 27.9 Å². The minimum absolute atomic E-state index is 0.0988. The topological polar surface area (TPSA) is 72.7 Å². The molecule has 6 nitrogen and oxygen atoms in total. The normalized spacial score (nSPS) is 11.6. The summed E-state index contributed by atoms with van der Waals surface area (Å²) < 4.78 is 44.9. The molecule has 1 N–H and O–H groups in total. The third-order valence-corrected chi connectivity index (χ3v) is 4.56. The highest BCUT2D eigenvalue weighted by Crippen LogP contribution is 2.32. The zero-order valence-electron chi connectivity index (χ0n) is 14.3. The Morgan fingerprint density at radius 1 is 1.33 bits per heavy atom. The van der Waals surface area contributed by atoms with Gasteiger partial charge in [-0.1, -0.05) is 6.07 Å². The first-order valence-corrected chi connectivity index (χ1v) is 8.69. The molecule has 3 aromatic rings. The van der Waals surface area contributed by atoms with Crippen LogP contribution in [0.25, 0.3) is 4.96 Å². The molecule has 27 heavy (non-hydrogen) atoms. The molecule has 0 aliphatic carbocycles. The number of benzene rings is 1. The Balaban J connectivity index is 2.01. The largest absolute Gasteiger partial charge is 0.439 e. The molecule has 0 radical (unpaired) electrons. The van der Waals surface area contributed by atoms with Crippen LogP contribution >= 0.6 is 11.3 Å². The van der Waals surface area contributed by atoms with Crippen molar-refractivity contribution in [1.82, 2.24) is 14.7 Å². The van der Waals surface area contributed by atoms with Crippen LogP contribution in [0, 0.1) is 6.92 Å². The third-order valence-electron chi connectivity index (χ3n) is 3.60. The van der Waals surface area contributed by atoms with Crippen molar-refractivity contribution in [2.45, 2.75) is 20.0 Å². The summed E-state index contributed by atoms with van der Waals surface area (Å²) in [5, 5.41) is 2.63. The molecule has 0 saturated carbocycles. The fourth-order valence-electron chi connectivity index (χ4n) is 2.47. The van der Waals surface area contributed by atoms with Gasteiger partial charge >= 0.3 is 6.18 Å². The number of hydrogen-bond donors (Lipinski definition) is 1. The molecular formula is C17H14F3N3O3S. The Morgan fingerprint density at radius 2 is 2.07 bits per heavy atom. The lowest BCUT2D eigenvalue weighted by Crippen LogP contribution is -2.28. The maximum Gasteiger partial charge on any atom is 0.416 e. The van der Waals surface area contributed by atoms with Crippen molar-refractivity contribution < 1.29 is 22.7 Å². The van der Waals surface area contributed by atoms with Crippen LogP contribution in [-0.4, -0.2) is 21.8 Å². The molecule has 1 aromatic carbocycles. The summed E-state index contributed by atoms with van der Waals surface area (Å²) in [7, 11) is 0. The highest BCUT2D eigenvalue weighted by molar-refractivity contribution is 7.17. The molecule has 142 valence electrons. The van der Waals surface area contributed by atoms with Gasteiger partial charge in [0.25, 0.3) is 11.5 Å². The van der Waals surface area contributed by atoms with E-state index in [9.17, 15) is 22.8 Å². The molecule has 0 fully saturated rings. The number of halogens is 3. The second-order valence-electron chi connectivity index (χ2n) is 5.54. The lowest BCUT2D eigenvalue weighted by Gasteiger charge is -2.09.